The van der Waals surface area contributed by atoms with E-state index in [9.17, 15) is 46.1 Å². The molecule has 0 amide bonds. The van der Waals surface area contributed by atoms with Crippen molar-refractivity contribution in [3.8, 4) is 22.6 Å². The molecule has 7 aromatic carbocycles. The SMILES string of the molecule is Nc1ccc2cc(S(=O)(=O)O)c(N=Nc3ccc(N=Nc4ccc(-c5ccc(N=Nc6ccc(O)c(C(=O)O)c6)cc5)cc4)c4cc(S(=O)(=O)O)ccc34)c(O)c2c1. The molecule has 7 aromatic rings. The molecule has 0 atom stereocenters. The number of carboxylic acids is 1. The average molecular weight is 818 g/mol. The highest BCUT2D eigenvalue weighted by Gasteiger charge is 2.22. The predicted molar refractivity (Wildman–Crippen MR) is 213 cm³/mol. The lowest BCUT2D eigenvalue weighted by Crippen LogP contribution is -1.99. The molecule has 290 valence electrons. The predicted octanol–water partition coefficient (Wildman–Crippen LogP) is 10.1. The van der Waals surface area contributed by atoms with E-state index in [0.29, 0.717) is 11.4 Å². The highest BCUT2D eigenvalue weighted by atomic mass is 32.2. The molecular weight excluding hydrogens is 791 g/mol. The Bertz CT molecular complexity index is 3120. The second-order valence-electron chi connectivity index (χ2n) is 12.5. The van der Waals surface area contributed by atoms with Crippen LogP contribution in [0.4, 0.5) is 39.8 Å². The maximum atomic E-state index is 12.3. The van der Waals surface area contributed by atoms with Crippen LogP contribution in [0.3, 0.4) is 0 Å². The normalized spacial score (nSPS) is 12.4. The van der Waals surface area contributed by atoms with Crippen molar-refractivity contribution in [1.82, 2.24) is 0 Å². The van der Waals surface area contributed by atoms with Crippen LogP contribution in [0.5, 0.6) is 11.5 Å². The first-order chi connectivity index (χ1) is 27.5. The number of benzene rings is 7. The van der Waals surface area contributed by atoms with Gasteiger partial charge in [0.2, 0.25) is 0 Å². The molecule has 0 aliphatic heterocycles. The Morgan fingerprint density at radius 3 is 1.71 bits per heavy atom. The van der Waals surface area contributed by atoms with Gasteiger partial charge in [0.15, 0.2) is 5.75 Å². The van der Waals surface area contributed by atoms with Crippen molar-refractivity contribution in [3.63, 3.8) is 0 Å². The summed E-state index contributed by atoms with van der Waals surface area (Å²) in [6, 6.07) is 29.9. The molecule has 0 aliphatic carbocycles. The third kappa shape index (κ3) is 8.22. The van der Waals surface area contributed by atoms with Crippen molar-refractivity contribution >= 4 is 87.6 Å². The number of nitrogens with zero attached hydrogens (tertiary/aromatic N) is 6. The maximum Gasteiger partial charge on any atom is 0.339 e. The van der Waals surface area contributed by atoms with Gasteiger partial charge < -0.3 is 21.1 Å². The number of phenols is 2. The molecule has 0 fully saturated rings. The number of carboxylic acid groups (broad SMARTS) is 1. The van der Waals surface area contributed by atoms with Crippen LogP contribution < -0.4 is 5.73 Å². The number of nitrogen functional groups attached to an aromatic ring is 1. The number of hydrogen-bond acceptors (Lipinski definition) is 14. The molecule has 19 heteroatoms. The topological polar surface area (TPSA) is 287 Å². The molecule has 0 heterocycles. The zero-order valence-electron chi connectivity index (χ0n) is 29.4. The minimum Gasteiger partial charge on any atom is -0.507 e. The average Bonchev–Trinajstić information content (AvgIpc) is 3.19. The van der Waals surface area contributed by atoms with Crippen molar-refractivity contribution in [1.29, 1.82) is 0 Å². The Morgan fingerprint density at radius 1 is 0.534 bits per heavy atom. The van der Waals surface area contributed by atoms with Gasteiger partial charge in [0, 0.05) is 21.8 Å². The largest absolute Gasteiger partial charge is 0.507 e. The molecule has 0 radical (unpaired) electrons. The minimum atomic E-state index is -4.90. The Labute approximate surface area is 328 Å². The van der Waals surface area contributed by atoms with Crippen LogP contribution in [0.2, 0.25) is 0 Å². The summed E-state index contributed by atoms with van der Waals surface area (Å²) in [5, 5.41) is 55.6. The molecule has 58 heavy (non-hydrogen) atoms. The van der Waals surface area contributed by atoms with Gasteiger partial charge in [-0.3, -0.25) is 9.11 Å². The van der Waals surface area contributed by atoms with Gasteiger partial charge in [-0.15, -0.1) is 15.3 Å². The monoisotopic (exact) mass is 817 g/mol. The molecule has 7 N–H and O–H groups in total. The fourth-order valence-corrected chi connectivity index (χ4v) is 6.98. The molecule has 0 saturated heterocycles. The second kappa shape index (κ2) is 15.2. The van der Waals surface area contributed by atoms with E-state index in [2.05, 4.69) is 30.7 Å². The molecular formula is C39H27N7O10S2. The first kappa shape index (κ1) is 38.8. The highest BCUT2D eigenvalue weighted by Crippen LogP contribution is 2.43. The Hall–Kier alpha value is -7.45. The van der Waals surface area contributed by atoms with Crippen molar-refractivity contribution in [2.24, 2.45) is 30.7 Å². The lowest BCUT2D eigenvalue weighted by atomic mass is 10.1. The smallest absolute Gasteiger partial charge is 0.339 e. The summed E-state index contributed by atoms with van der Waals surface area (Å²) >= 11 is 0. The van der Waals surface area contributed by atoms with Crippen molar-refractivity contribution < 1.29 is 46.1 Å². The number of azo groups is 3. The third-order valence-electron chi connectivity index (χ3n) is 8.68. The summed E-state index contributed by atoms with van der Waals surface area (Å²) in [5.74, 6) is -2.28. The highest BCUT2D eigenvalue weighted by molar-refractivity contribution is 7.86. The number of anilines is 1. The lowest BCUT2D eigenvalue weighted by molar-refractivity contribution is 0.0693. The number of hydrogen-bond donors (Lipinski definition) is 6. The quantitative estimate of drug-likeness (QED) is 0.0428. The summed E-state index contributed by atoms with van der Waals surface area (Å²) in [4.78, 5) is 10.1. The second-order valence-corrected chi connectivity index (χ2v) is 15.3. The number of rotatable bonds is 10. The molecule has 0 aromatic heterocycles. The van der Waals surface area contributed by atoms with Gasteiger partial charge in [-0.1, -0.05) is 36.4 Å². The Balaban J connectivity index is 1.16. The summed E-state index contributed by atoms with van der Waals surface area (Å²) in [6.45, 7) is 0. The first-order valence-corrected chi connectivity index (χ1v) is 19.5. The lowest BCUT2D eigenvalue weighted by Gasteiger charge is -2.10. The van der Waals surface area contributed by atoms with E-state index >= 15 is 0 Å². The zero-order chi connectivity index (χ0) is 41.4. The van der Waals surface area contributed by atoms with Gasteiger partial charge in [0.05, 0.1) is 33.3 Å². The van der Waals surface area contributed by atoms with Crippen molar-refractivity contribution in [2.45, 2.75) is 9.79 Å². The molecule has 0 unspecified atom stereocenters. The van der Waals surface area contributed by atoms with Gasteiger partial charge in [-0.25, -0.2) is 4.79 Å². The molecule has 0 spiro atoms. The van der Waals surface area contributed by atoms with Gasteiger partial charge >= 0.3 is 5.97 Å². The number of nitrogens with two attached hydrogens (primary N) is 1. The number of aromatic carboxylic acids is 1. The molecule has 0 aliphatic rings. The number of fused-ring (bicyclic) bond motifs is 2. The minimum absolute atomic E-state index is 0.0775. The molecule has 7 rings (SSSR count). The zero-order valence-corrected chi connectivity index (χ0v) is 31.0. The first-order valence-electron chi connectivity index (χ1n) is 16.6. The Morgan fingerprint density at radius 2 is 1.10 bits per heavy atom. The summed E-state index contributed by atoms with van der Waals surface area (Å²) < 4.78 is 68.4. The van der Waals surface area contributed by atoms with Crippen molar-refractivity contribution in [2.75, 3.05) is 5.73 Å². The van der Waals surface area contributed by atoms with Crippen LogP contribution in [0.25, 0.3) is 32.7 Å². The van der Waals surface area contributed by atoms with Gasteiger partial charge in [0.25, 0.3) is 20.2 Å². The van der Waals surface area contributed by atoms with Gasteiger partial charge in [-0.05, 0) is 101 Å². The third-order valence-corrected chi connectivity index (χ3v) is 10.4. The van der Waals surface area contributed by atoms with Crippen LogP contribution in [0.1, 0.15) is 10.4 Å². The van der Waals surface area contributed by atoms with Crippen molar-refractivity contribution in [3.05, 3.63) is 127 Å². The van der Waals surface area contributed by atoms with E-state index in [1.165, 1.54) is 54.6 Å². The van der Waals surface area contributed by atoms with Crippen LogP contribution >= 0.6 is 0 Å². The molecule has 0 saturated carbocycles. The number of phenolic OH excluding ortho intramolecular Hbond substituents is 1. The molecule has 17 nitrogen and oxygen atoms in total. The van der Waals surface area contributed by atoms with E-state index in [4.69, 9.17) is 5.73 Å². The van der Waals surface area contributed by atoms with Crippen LogP contribution in [-0.2, 0) is 20.2 Å². The molecule has 0 bridgehead atoms. The van der Waals surface area contributed by atoms with Crippen LogP contribution in [-0.4, -0.2) is 47.2 Å². The summed E-state index contributed by atoms with van der Waals surface area (Å²) in [6.07, 6.45) is 0. The fourth-order valence-electron chi connectivity index (χ4n) is 5.81. The fraction of sp³-hybridized carbons (Fsp3) is 0. The number of carbonyl (C=O) groups is 1. The standard InChI is InChI=1S/C39H27N7O10S2/c40-24-6-1-23-17-36(58(54,55)56)37(38(48)30(23)18-24)46-45-33-14-15-34(31-20-28(57(51,52)53)12-13-29(31)33)44-42-26-9-4-22(5-10-26)21-2-7-25(8-3-21)41-43-27-11-16-35(47)32(19-27)39(49)50/h1-20,47-48H,40H2,(H,49,50)(H,51,52,53)(H,54,55,56). The summed E-state index contributed by atoms with van der Waals surface area (Å²) in [7, 11) is -9.55. The van der Waals surface area contributed by atoms with E-state index in [1.54, 1.807) is 36.4 Å². The maximum absolute atomic E-state index is 12.3. The van der Waals surface area contributed by atoms with E-state index in [-0.39, 0.29) is 55.6 Å². The van der Waals surface area contributed by atoms with Crippen LogP contribution in [0, 0.1) is 0 Å². The van der Waals surface area contributed by atoms with Gasteiger partial charge in [-0.2, -0.15) is 32.2 Å². The van der Waals surface area contributed by atoms with E-state index in [0.717, 1.165) is 29.3 Å². The van der Waals surface area contributed by atoms with Gasteiger partial charge in [0.1, 0.15) is 21.9 Å². The van der Waals surface area contributed by atoms with Crippen LogP contribution in [0.15, 0.2) is 162 Å². The van der Waals surface area contributed by atoms with E-state index < -0.39 is 47.4 Å². The Kier molecular flexibility index (Phi) is 10.2. The summed E-state index contributed by atoms with van der Waals surface area (Å²) in [5.41, 5.74) is 8.33. The number of aromatic hydroxyl groups is 2. The van der Waals surface area contributed by atoms with E-state index in [1.807, 2.05) is 12.1 Å².